The molecule has 0 radical (unpaired) electrons. The monoisotopic (exact) mass is 240 g/mol. The van der Waals surface area contributed by atoms with Gasteiger partial charge in [-0.25, -0.2) is 4.98 Å². The van der Waals surface area contributed by atoms with Gasteiger partial charge in [0.05, 0.1) is 5.01 Å². The molecular formula is C12H20N2OS. The van der Waals surface area contributed by atoms with Crippen LogP contribution in [0.25, 0.3) is 0 Å². The van der Waals surface area contributed by atoms with Crippen LogP contribution in [0.1, 0.15) is 36.6 Å². The molecule has 2 rings (SSSR count). The standard InChI is InChI=1S/C12H20N2OS/c13-7-11(12-14-5-6-16-12)10-3-1-9(8-15)2-4-10/h5-6,9-11,15H,1-4,7-8,13H2. The fourth-order valence-corrected chi connectivity index (χ4v) is 3.53. The van der Waals surface area contributed by atoms with E-state index in [0.29, 0.717) is 30.9 Å². The van der Waals surface area contributed by atoms with Gasteiger partial charge in [0.15, 0.2) is 0 Å². The molecule has 0 aliphatic heterocycles. The molecule has 0 bridgehead atoms. The van der Waals surface area contributed by atoms with Crippen molar-refractivity contribution in [1.82, 2.24) is 4.98 Å². The van der Waals surface area contributed by atoms with Crippen molar-refractivity contribution in [1.29, 1.82) is 0 Å². The average molecular weight is 240 g/mol. The van der Waals surface area contributed by atoms with Crippen molar-refractivity contribution in [3.8, 4) is 0 Å². The Balaban J connectivity index is 1.96. The van der Waals surface area contributed by atoms with Crippen LogP contribution in [0.3, 0.4) is 0 Å². The van der Waals surface area contributed by atoms with E-state index in [4.69, 9.17) is 10.8 Å². The lowest BCUT2D eigenvalue weighted by Gasteiger charge is -2.31. The average Bonchev–Trinajstić information content (AvgIpc) is 2.85. The molecule has 1 saturated carbocycles. The number of aromatic nitrogens is 1. The summed E-state index contributed by atoms with van der Waals surface area (Å²) < 4.78 is 0. The predicted octanol–water partition coefficient (Wildman–Crippen LogP) is 1.98. The van der Waals surface area contributed by atoms with Crippen LogP contribution in [0.2, 0.25) is 0 Å². The molecule has 1 atom stereocenters. The van der Waals surface area contributed by atoms with Gasteiger partial charge in [-0.05, 0) is 37.5 Å². The maximum Gasteiger partial charge on any atom is 0.0971 e. The predicted molar refractivity (Wildman–Crippen MR) is 66.4 cm³/mol. The second kappa shape index (κ2) is 5.75. The molecule has 1 aliphatic carbocycles. The first-order valence-electron chi connectivity index (χ1n) is 6.05. The minimum absolute atomic E-state index is 0.345. The molecule has 1 aliphatic rings. The van der Waals surface area contributed by atoms with Gasteiger partial charge in [0.1, 0.15) is 0 Å². The summed E-state index contributed by atoms with van der Waals surface area (Å²) >= 11 is 1.72. The molecule has 1 heterocycles. The highest BCUT2D eigenvalue weighted by Gasteiger charge is 2.28. The number of aliphatic hydroxyl groups is 1. The molecular weight excluding hydrogens is 220 g/mol. The molecule has 0 saturated heterocycles. The van der Waals surface area contributed by atoms with E-state index in [-0.39, 0.29) is 0 Å². The van der Waals surface area contributed by atoms with Crippen LogP contribution in [0.4, 0.5) is 0 Å². The molecule has 3 nitrogen and oxygen atoms in total. The number of thiazole rings is 1. The Hall–Kier alpha value is -0.450. The van der Waals surface area contributed by atoms with E-state index in [1.165, 1.54) is 17.8 Å². The summed E-state index contributed by atoms with van der Waals surface area (Å²) in [7, 11) is 0. The van der Waals surface area contributed by atoms with Crippen molar-refractivity contribution in [3.63, 3.8) is 0 Å². The van der Waals surface area contributed by atoms with Crippen LogP contribution in [0, 0.1) is 11.8 Å². The van der Waals surface area contributed by atoms with Crippen molar-refractivity contribution in [2.75, 3.05) is 13.2 Å². The van der Waals surface area contributed by atoms with Crippen LogP contribution < -0.4 is 5.73 Å². The number of rotatable bonds is 4. The number of aliphatic hydroxyl groups excluding tert-OH is 1. The van der Waals surface area contributed by atoms with Crippen LogP contribution in [-0.2, 0) is 0 Å². The zero-order chi connectivity index (χ0) is 11.4. The molecule has 3 N–H and O–H groups in total. The van der Waals surface area contributed by atoms with E-state index in [9.17, 15) is 0 Å². The molecule has 1 unspecified atom stereocenters. The third-order valence-corrected chi connectivity index (χ3v) is 4.65. The molecule has 1 aromatic rings. The van der Waals surface area contributed by atoms with Crippen molar-refractivity contribution >= 4 is 11.3 Å². The second-order valence-corrected chi connectivity index (χ2v) is 5.60. The number of nitrogens with zero attached hydrogens (tertiary/aromatic N) is 1. The second-order valence-electron chi connectivity index (χ2n) is 4.68. The molecule has 0 spiro atoms. The van der Waals surface area contributed by atoms with E-state index in [2.05, 4.69) is 4.98 Å². The largest absolute Gasteiger partial charge is 0.396 e. The molecule has 1 fully saturated rings. The van der Waals surface area contributed by atoms with Gasteiger partial charge in [0, 0.05) is 30.6 Å². The normalized spacial score (nSPS) is 27.9. The molecule has 90 valence electrons. The first-order chi connectivity index (χ1) is 7.85. The maximum absolute atomic E-state index is 9.12. The Morgan fingerprint density at radius 3 is 2.69 bits per heavy atom. The van der Waals surface area contributed by atoms with Crippen molar-refractivity contribution < 1.29 is 5.11 Å². The smallest absolute Gasteiger partial charge is 0.0971 e. The molecule has 4 heteroatoms. The summed E-state index contributed by atoms with van der Waals surface area (Å²) in [6.45, 7) is 1.04. The Bertz CT molecular complexity index is 294. The van der Waals surface area contributed by atoms with Crippen LogP contribution >= 0.6 is 11.3 Å². The summed E-state index contributed by atoms with van der Waals surface area (Å²) in [5, 5.41) is 12.3. The highest BCUT2D eigenvalue weighted by Crippen LogP contribution is 2.38. The van der Waals surface area contributed by atoms with Crippen molar-refractivity contribution in [2.45, 2.75) is 31.6 Å². The number of hydrogen-bond donors (Lipinski definition) is 2. The minimum atomic E-state index is 0.345. The van der Waals surface area contributed by atoms with Crippen LogP contribution in [0.5, 0.6) is 0 Å². The minimum Gasteiger partial charge on any atom is -0.396 e. The van der Waals surface area contributed by atoms with Gasteiger partial charge in [-0.3, -0.25) is 0 Å². The fourth-order valence-electron chi connectivity index (χ4n) is 2.69. The van der Waals surface area contributed by atoms with Gasteiger partial charge in [-0.2, -0.15) is 0 Å². The topological polar surface area (TPSA) is 59.1 Å². The molecule has 16 heavy (non-hydrogen) atoms. The highest BCUT2D eigenvalue weighted by molar-refractivity contribution is 7.09. The van der Waals surface area contributed by atoms with E-state index >= 15 is 0 Å². The Labute approximate surface area is 101 Å². The van der Waals surface area contributed by atoms with E-state index in [1.54, 1.807) is 11.3 Å². The van der Waals surface area contributed by atoms with E-state index in [1.807, 2.05) is 11.6 Å². The van der Waals surface area contributed by atoms with E-state index < -0.39 is 0 Å². The van der Waals surface area contributed by atoms with Crippen molar-refractivity contribution in [2.24, 2.45) is 17.6 Å². The number of nitrogens with two attached hydrogens (primary N) is 1. The third-order valence-electron chi connectivity index (χ3n) is 3.74. The van der Waals surface area contributed by atoms with Crippen molar-refractivity contribution in [3.05, 3.63) is 16.6 Å². The lowest BCUT2D eigenvalue weighted by Crippen LogP contribution is -2.26. The van der Waals surface area contributed by atoms with Gasteiger partial charge < -0.3 is 10.8 Å². The Morgan fingerprint density at radius 1 is 1.44 bits per heavy atom. The third kappa shape index (κ3) is 2.62. The Kier molecular flexibility index (Phi) is 4.32. The van der Waals surface area contributed by atoms with Gasteiger partial charge in [0.2, 0.25) is 0 Å². The summed E-state index contributed by atoms with van der Waals surface area (Å²) in [5.41, 5.74) is 5.88. The van der Waals surface area contributed by atoms with Gasteiger partial charge in [-0.15, -0.1) is 11.3 Å². The summed E-state index contributed by atoms with van der Waals surface area (Å²) in [4.78, 5) is 4.39. The summed E-state index contributed by atoms with van der Waals surface area (Å²) in [5.74, 6) is 1.62. The highest BCUT2D eigenvalue weighted by atomic mass is 32.1. The SMILES string of the molecule is NCC(c1nccs1)C1CCC(CO)CC1. The van der Waals surface area contributed by atoms with Crippen LogP contribution in [0.15, 0.2) is 11.6 Å². The zero-order valence-corrected chi connectivity index (χ0v) is 10.3. The van der Waals surface area contributed by atoms with E-state index in [0.717, 1.165) is 12.8 Å². The quantitative estimate of drug-likeness (QED) is 0.846. The molecule has 1 aromatic heterocycles. The number of hydrogen-bond acceptors (Lipinski definition) is 4. The Morgan fingerprint density at radius 2 is 2.19 bits per heavy atom. The van der Waals surface area contributed by atoms with Gasteiger partial charge in [0.25, 0.3) is 0 Å². The van der Waals surface area contributed by atoms with Crippen LogP contribution in [-0.4, -0.2) is 23.2 Å². The molecule has 0 aromatic carbocycles. The lowest BCUT2D eigenvalue weighted by atomic mass is 9.76. The molecule has 0 amide bonds. The lowest BCUT2D eigenvalue weighted by molar-refractivity contribution is 0.158. The maximum atomic E-state index is 9.12. The van der Waals surface area contributed by atoms with Gasteiger partial charge in [-0.1, -0.05) is 0 Å². The van der Waals surface area contributed by atoms with Gasteiger partial charge >= 0.3 is 0 Å². The first kappa shape index (κ1) is 12.0. The summed E-state index contributed by atoms with van der Waals surface area (Å²) in [6, 6.07) is 0. The fraction of sp³-hybridized carbons (Fsp3) is 0.750. The zero-order valence-electron chi connectivity index (χ0n) is 9.51. The summed E-state index contributed by atoms with van der Waals surface area (Å²) in [6.07, 6.45) is 6.52. The first-order valence-corrected chi connectivity index (χ1v) is 6.93.